The Morgan fingerprint density at radius 1 is 0.923 bits per heavy atom. The predicted octanol–water partition coefficient (Wildman–Crippen LogP) is 3.45. The molecule has 0 unspecified atom stereocenters. The number of anilines is 1. The monoisotopic (exact) mass is 368 g/mol. The quantitative estimate of drug-likeness (QED) is 0.724. The molecule has 6 heteroatoms. The third-order valence-electron chi connectivity index (χ3n) is 4.16. The SMILES string of the molecule is Cc1ccccc1NC(=O)[C@H](C)NS(=O)(=O)c1ccc2ccccc2c1. The Bertz CT molecular complexity index is 1060. The van der Waals surface area contributed by atoms with Crippen molar-refractivity contribution < 1.29 is 13.2 Å². The van der Waals surface area contributed by atoms with Gasteiger partial charge in [-0.25, -0.2) is 8.42 Å². The summed E-state index contributed by atoms with van der Waals surface area (Å²) in [6.07, 6.45) is 0. The Hall–Kier alpha value is -2.70. The van der Waals surface area contributed by atoms with Gasteiger partial charge in [-0.3, -0.25) is 4.79 Å². The molecule has 0 aliphatic heterocycles. The molecule has 0 bridgehead atoms. The van der Waals surface area contributed by atoms with Crippen LogP contribution in [0, 0.1) is 6.92 Å². The van der Waals surface area contributed by atoms with Gasteiger partial charge in [0.05, 0.1) is 10.9 Å². The van der Waals surface area contributed by atoms with E-state index in [2.05, 4.69) is 10.0 Å². The Labute approximate surface area is 153 Å². The van der Waals surface area contributed by atoms with Gasteiger partial charge in [-0.1, -0.05) is 48.5 Å². The summed E-state index contributed by atoms with van der Waals surface area (Å²) in [4.78, 5) is 12.5. The molecule has 0 aliphatic rings. The van der Waals surface area contributed by atoms with E-state index in [1.54, 1.807) is 18.2 Å². The van der Waals surface area contributed by atoms with E-state index >= 15 is 0 Å². The summed E-state index contributed by atoms with van der Waals surface area (Å²) in [5, 5.41) is 4.53. The van der Waals surface area contributed by atoms with Gasteiger partial charge in [0.25, 0.3) is 0 Å². The molecule has 0 saturated heterocycles. The number of para-hydroxylation sites is 1. The zero-order valence-electron chi connectivity index (χ0n) is 14.6. The highest BCUT2D eigenvalue weighted by Gasteiger charge is 2.22. The number of carbonyl (C=O) groups is 1. The van der Waals surface area contributed by atoms with Gasteiger partial charge in [0.2, 0.25) is 15.9 Å². The molecule has 0 spiro atoms. The number of nitrogens with one attached hydrogen (secondary N) is 2. The first-order chi connectivity index (χ1) is 12.4. The van der Waals surface area contributed by atoms with Crippen molar-refractivity contribution in [3.8, 4) is 0 Å². The van der Waals surface area contributed by atoms with E-state index in [4.69, 9.17) is 0 Å². The topological polar surface area (TPSA) is 75.3 Å². The normalized spacial score (nSPS) is 12.7. The van der Waals surface area contributed by atoms with Crippen LogP contribution in [0.25, 0.3) is 10.8 Å². The van der Waals surface area contributed by atoms with Crippen molar-refractivity contribution in [1.29, 1.82) is 0 Å². The molecule has 134 valence electrons. The van der Waals surface area contributed by atoms with E-state index in [9.17, 15) is 13.2 Å². The molecule has 3 rings (SSSR count). The van der Waals surface area contributed by atoms with Crippen LogP contribution >= 0.6 is 0 Å². The first-order valence-electron chi connectivity index (χ1n) is 8.24. The highest BCUT2D eigenvalue weighted by molar-refractivity contribution is 7.89. The van der Waals surface area contributed by atoms with Crippen molar-refractivity contribution in [2.24, 2.45) is 0 Å². The maximum atomic E-state index is 12.6. The number of hydrogen-bond donors (Lipinski definition) is 2. The van der Waals surface area contributed by atoms with Gasteiger partial charge in [0.1, 0.15) is 0 Å². The summed E-state index contributed by atoms with van der Waals surface area (Å²) < 4.78 is 27.7. The van der Waals surface area contributed by atoms with Crippen molar-refractivity contribution in [3.63, 3.8) is 0 Å². The number of aryl methyl sites for hydroxylation is 1. The minimum atomic E-state index is -3.81. The van der Waals surface area contributed by atoms with Crippen LogP contribution in [0.2, 0.25) is 0 Å². The van der Waals surface area contributed by atoms with Gasteiger partial charge < -0.3 is 5.32 Å². The van der Waals surface area contributed by atoms with Crippen molar-refractivity contribution >= 4 is 32.4 Å². The first-order valence-corrected chi connectivity index (χ1v) is 9.73. The Kier molecular flexibility index (Phi) is 5.06. The minimum absolute atomic E-state index is 0.131. The zero-order valence-corrected chi connectivity index (χ0v) is 15.4. The van der Waals surface area contributed by atoms with Gasteiger partial charge in [0.15, 0.2) is 0 Å². The average molecular weight is 368 g/mol. The van der Waals surface area contributed by atoms with E-state index in [0.29, 0.717) is 5.69 Å². The van der Waals surface area contributed by atoms with Crippen molar-refractivity contribution in [1.82, 2.24) is 4.72 Å². The molecule has 0 radical (unpaired) electrons. The van der Waals surface area contributed by atoms with Crippen LogP contribution in [0.4, 0.5) is 5.69 Å². The number of amides is 1. The lowest BCUT2D eigenvalue weighted by Gasteiger charge is -2.15. The first kappa shape index (κ1) is 18.1. The number of sulfonamides is 1. The van der Waals surface area contributed by atoms with Crippen LogP contribution in [-0.2, 0) is 14.8 Å². The highest BCUT2D eigenvalue weighted by atomic mass is 32.2. The van der Waals surface area contributed by atoms with Crippen molar-refractivity contribution in [3.05, 3.63) is 72.3 Å². The molecule has 1 atom stereocenters. The van der Waals surface area contributed by atoms with Crippen molar-refractivity contribution in [2.45, 2.75) is 24.8 Å². The second-order valence-electron chi connectivity index (χ2n) is 6.16. The van der Waals surface area contributed by atoms with E-state index in [1.165, 1.54) is 13.0 Å². The second kappa shape index (κ2) is 7.27. The Morgan fingerprint density at radius 3 is 2.31 bits per heavy atom. The fourth-order valence-electron chi connectivity index (χ4n) is 2.64. The van der Waals surface area contributed by atoms with Crippen molar-refractivity contribution in [2.75, 3.05) is 5.32 Å². The summed E-state index contributed by atoms with van der Waals surface area (Å²) in [5.41, 5.74) is 1.57. The molecule has 3 aromatic carbocycles. The smallest absolute Gasteiger partial charge is 0.242 e. The number of rotatable bonds is 5. The zero-order chi connectivity index (χ0) is 18.7. The number of fused-ring (bicyclic) bond motifs is 1. The van der Waals surface area contributed by atoms with Crippen LogP contribution in [0.5, 0.6) is 0 Å². The number of benzene rings is 3. The van der Waals surface area contributed by atoms with Gasteiger partial charge in [-0.15, -0.1) is 0 Å². The van der Waals surface area contributed by atoms with Gasteiger partial charge >= 0.3 is 0 Å². The summed E-state index contributed by atoms with van der Waals surface area (Å²) in [6, 6.07) is 18.8. The standard InChI is InChI=1S/C20H20N2O3S/c1-14-7-3-6-10-19(14)21-20(23)15(2)22-26(24,25)18-12-11-16-8-4-5-9-17(16)13-18/h3-13,15,22H,1-2H3,(H,21,23)/t15-/m0/s1. The van der Waals surface area contributed by atoms with Crippen LogP contribution in [0.15, 0.2) is 71.6 Å². The predicted molar refractivity (Wildman–Crippen MR) is 104 cm³/mol. The molecule has 3 aromatic rings. The maximum absolute atomic E-state index is 12.6. The largest absolute Gasteiger partial charge is 0.324 e. The lowest BCUT2D eigenvalue weighted by atomic mass is 10.1. The van der Waals surface area contributed by atoms with E-state index in [0.717, 1.165) is 16.3 Å². The fourth-order valence-corrected chi connectivity index (χ4v) is 3.88. The summed E-state index contributed by atoms with van der Waals surface area (Å²) >= 11 is 0. The molecule has 0 fully saturated rings. The molecule has 2 N–H and O–H groups in total. The highest BCUT2D eigenvalue weighted by Crippen LogP contribution is 2.19. The van der Waals surface area contributed by atoms with Crippen LogP contribution < -0.4 is 10.0 Å². The van der Waals surface area contributed by atoms with Gasteiger partial charge in [0, 0.05) is 5.69 Å². The summed E-state index contributed by atoms with van der Waals surface area (Å²) in [7, 11) is -3.81. The molecular weight excluding hydrogens is 348 g/mol. The van der Waals surface area contributed by atoms with Gasteiger partial charge in [-0.2, -0.15) is 4.72 Å². The average Bonchev–Trinajstić information content (AvgIpc) is 2.62. The van der Waals surface area contributed by atoms with Gasteiger partial charge in [-0.05, 0) is 48.4 Å². The number of carbonyl (C=O) groups excluding carboxylic acids is 1. The lowest BCUT2D eigenvalue weighted by Crippen LogP contribution is -2.41. The fraction of sp³-hybridized carbons (Fsp3) is 0.150. The molecule has 0 aromatic heterocycles. The maximum Gasteiger partial charge on any atom is 0.242 e. The van der Waals surface area contributed by atoms with Crippen LogP contribution in [0.3, 0.4) is 0 Å². The number of hydrogen-bond acceptors (Lipinski definition) is 3. The molecule has 0 saturated carbocycles. The molecular formula is C20H20N2O3S. The van der Waals surface area contributed by atoms with E-state index < -0.39 is 22.0 Å². The summed E-state index contributed by atoms with van der Waals surface area (Å²) in [5.74, 6) is -0.413. The molecule has 0 heterocycles. The molecule has 5 nitrogen and oxygen atoms in total. The van der Waals surface area contributed by atoms with E-state index in [-0.39, 0.29) is 4.90 Å². The Balaban J connectivity index is 1.77. The Morgan fingerprint density at radius 2 is 1.58 bits per heavy atom. The minimum Gasteiger partial charge on any atom is -0.324 e. The van der Waals surface area contributed by atoms with Crippen LogP contribution in [0.1, 0.15) is 12.5 Å². The third-order valence-corrected chi connectivity index (χ3v) is 5.70. The third kappa shape index (κ3) is 3.92. The molecule has 0 aliphatic carbocycles. The molecule has 1 amide bonds. The molecule has 26 heavy (non-hydrogen) atoms. The second-order valence-corrected chi connectivity index (χ2v) is 7.87. The van der Waals surface area contributed by atoms with Crippen LogP contribution in [-0.4, -0.2) is 20.4 Å². The summed E-state index contributed by atoms with van der Waals surface area (Å²) in [6.45, 7) is 3.39. The lowest BCUT2D eigenvalue weighted by molar-refractivity contribution is -0.117. The van der Waals surface area contributed by atoms with E-state index in [1.807, 2.05) is 49.4 Å².